The molecule has 0 bridgehead atoms. The van der Waals surface area contributed by atoms with E-state index in [-0.39, 0.29) is 0 Å². The molecular weight excluding hydrogens is 317 g/mol. The van der Waals surface area contributed by atoms with Crippen LogP contribution in [0.4, 0.5) is 0 Å². The van der Waals surface area contributed by atoms with Crippen LogP contribution in [0.1, 0.15) is 30.3 Å². The molecule has 106 valence electrons. The second kappa shape index (κ2) is 6.35. The summed E-state index contributed by atoms with van der Waals surface area (Å²) in [5.41, 5.74) is 1.08. The van der Waals surface area contributed by atoms with E-state index in [1.165, 1.54) is 18.2 Å². The highest BCUT2D eigenvalue weighted by atomic mass is 35.5. The van der Waals surface area contributed by atoms with Gasteiger partial charge in [0.15, 0.2) is 6.04 Å². The fourth-order valence-electron chi connectivity index (χ4n) is 2.20. The first-order valence-electron chi connectivity index (χ1n) is 6.46. The van der Waals surface area contributed by atoms with Crippen molar-refractivity contribution >= 4 is 35.0 Å². The zero-order chi connectivity index (χ0) is 13.9. The van der Waals surface area contributed by atoms with E-state index in [0.717, 1.165) is 30.2 Å². The number of nitrogens with two attached hydrogens (primary N) is 1. The molecule has 20 heavy (non-hydrogen) atoms. The van der Waals surface area contributed by atoms with Crippen LogP contribution < -0.4 is 5.32 Å². The highest BCUT2D eigenvalue weighted by Crippen LogP contribution is 2.28. The first-order chi connectivity index (χ1) is 9.72. The van der Waals surface area contributed by atoms with E-state index in [1.54, 1.807) is 6.07 Å². The number of nitrogens with zero attached hydrogens (tertiary/aromatic N) is 2. The molecule has 0 saturated carbocycles. The Balaban J connectivity index is 1.61. The Bertz CT molecular complexity index is 599. The fraction of sp³-hybridized carbons (Fsp3) is 0.385. The Morgan fingerprint density at radius 2 is 2.20 bits per heavy atom. The molecule has 4 nitrogen and oxygen atoms in total. The van der Waals surface area contributed by atoms with Crippen LogP contribution in [0, 0.1) is 0 Å². The summed E-state index contributed by atoms with van der Waals surface area (Å²) in [6, 6.07) is 5.94. The minimum absolute atomic E-state index is 0.335. The second-order valence-electron chi connectivity index (χ2n) is 4.72. The van der Waals surface area contributed by atoms with Gasteiger partial charge in [-0.05, 0) is 17.7 Å². The van der Waals surface area contributed by atoms with Crippen molar-refractivity contribution in [3.63, 3.8) is 0 Å². The minimum atomic E-state index is 0.335. The van der Waals surface area contributed by atoms with Gasteiger partial charge in [0.2, 0.25) is 0 Å². The first kappa shape index (κ1) is 14.2. The summed E-state index contributed by atoms with van der Waals surface area (Å²) < 4.78 is 5.69. The Labute approximate surface area is 131 Å². The third kappa shape index (κ3) is 3.28. The van der Waals surface area contributed by atoms with Crippen LogP contribution in [0.25, 0.3) is 0 Å². The molecule has 1 saturated heterocycles. The predicted octanol–water partition coefficient (Wildman–Crippen LogP) is 3.07. The SMILES string of the molecule is Clc1ccc(CSc2nnc([C@@H]3CCC[NH2+]3)o2)cc1Cl. The lowest BCUT2D eigenvalue weighted by Gasteiger charge is -2.01. The van der Waals surface area contributed by atoms with Crippen LogP contribution in [0.5, 0.6) is 0 Å². The summed E-state index contributed by atoms with van der Waals surface area (Å²) in [5.74, 6) is 1.46. The van der Waals surface area contributed by atoms with Gasteiger partial charge < -0.3 is 9.73 Å². The highest BCUT2D eigenvalue weighted by molar-refractivity contribution is 7.98. The van der Waals surface area contributed by atoms with Gasteiger partial charge in [-0.3, -0.25) is 0 Å². The molecule has 1 aromatic heterocycles. The van der Waals surface area contributed by atoms with E-state index in [4.69, 9.17) is 27.6 Å². The van der Waals surface area contributed by atoms with Crippen molar-refractivity contribution in [3.8, 4) is 0 Å². The molecule has 0 amide bonds. The Morgan fingerprint density at radius 1 is 1.30 bits per heavy atom. The molecule has 1 aromatic carbocycles. The molecule has 0 spiro atoms. The molecule has 3 rings (SSSR count). The second-order valence-corrected chi connectivity index (χ2v) is 6.46. The number of thioether (sulfide) groups is 1. The van der Waals surface area contributed by atoms with Crippen LogP contribution >= 0.6 is 35.0 Å². The average Bonchev–Trinajstić information content (AvgIpc) is 3.09. The lowest BCUT2D eigenvalue weighted by atomic mass is 10.2. The largest absolute Gasteiger partial charge is 0.410 e. The predicted molar refractivity (Wildman–Crippen MR) is 79.1 cm³/mol. The van der Waals surface area contributed by atoms with Crippen LogP contribution in [-0.4, -0.2) is 16.7 Å². The quantitative estimate of drug-likeness (QED) is 0.875. The molecule has 2 N–H and O–H groups in total. The third-order valence-electron chi connectivity index (χ3n) is 3.26. The Kier molecular flexibility index (Phi) is 4.51. The van der Waals surface area contributed by atoms with Gasteiger partial charge >= 0.3 is 0 Å². The van der Waals surface area contributed by atoms with Crippen LogP contribution in [0.2, 0.25) is 10.0 Å². The lowest BCUT2D eigenvalue weighted by Crippen LogP contribution is -2.81. The van der Waals surface area contributed by atoms with E-state index < -0.39 is 0 Å². The number of halogens is 2. The van der Waals surface area contributed by atoms with Gasteiger partial charge in [0.1, 0.15) is 0 Å². The maximum atomic E-state index is 5.99. The molecule has 1 fully saturated rings. The number of hydrogen-bond donors (Lipinski definition) is 1. The summed E-state index contributed by atoms with van der Waals surface area (Å²) in [5, 5.41) is 12.2. The van der Waals surface area contributed by atoms with E-state index in [2.05, 4.69) is 15.5 Å². The van der Waals surface area contributed by atoms with Crippen molar-refractivity contribution in [3.05, 3.63) is 39.7 Å². The van der Waals surface area contributed by atoms with Crippen molar-refractivity contribution in [2.75, 3.05) is 6.54 Å². The number of aromatic nitrogens is 2. The molecule has 1 aliphatic heterocycles. The maximum absolute atomic E-state index is 5.99. The van der Waals surface area contributed by atoms with Crippen molar-refractivity contribution in [2.45, 2.75) is 29.9 Å². The smallest absolute Gasteiger partial charge is 0.277 e. The van der Waals surface area contributed by atoms with E-state index in [1.807, 2.05) is 12.1 Å². The molecule has 2 heterocycles. The van der Waals surface area contributed by atoms with Crippen molar-refractivity contribution in [1.29, 1.82) is 0 Å². The zero-order valence-corrected chi connectivity index (χ0v) is 13.0. The maximum Gasteiger partial charge on any atom is 0.277 e. The summed E-state index contributed by atoms with van der Waals surface area (Å²) in [6.07, 6.45) is 2.32. The highest BCUT2D eigenvalue weighted by Gasteiger charge is 2.26. The Morgan fingerprint density at radius 3 is 2.95 bits per heavy atom. The van der Waals surface area contributed by atoms with Crippen molar-refractivity contribution in [1.82, 2.24) is 10.2 Å². The van der Waals surface area contributed by atoms with Gasteiger partial charge in [0.25, 0.3) is 11.1 Å². The number of hydrogen-bond acceptors (Lipinski definition) is 4. The van der Waals surface area contributed by atoms with E-state index in [9.17, 15) is 0 Å². The van der Waals surface area contributed by atoms with E-state index in [0.29, 0.717) is 21.3 Å². The van der Waals surface area contributed by atoms with Gasteiger partial charge in [-0.2, -0.15) is 0 Å². The molecule has 0 aliphatic carbocycles. The normalized spacial score (nSPS) is 18.6. The number of quaternary nitrogens is 1. The molecule has 0 radical (unpaired) electrons. The van der Waals surface area contributed by atoms with Crippen LogP contribution in [0.3, 0.4) is 0 Å². The molecule has 2 aromatic rings. The number of benzene rings is 1. The molecule has 7 heteroatoms. The first-order valence-corrected chi connectivity index (χ1v) is 8.20. The van der Waals surface area contributed by atoms with Gasteiger partial charge in [0.05, 0.1) is 16.6 Å². The fourth-order valence-corrected chi connectivity index (χ4v) is 3.24. The summed E-state index contributed by atoms with van der Waals surface area (Å²) in [4.78, 5) is 0. The van der Waals surface area contributed by atoms with Gasteiger partial charge in [-0.15, -0.1) is 10.2 Å². The van der Waals surface area contributed by atoms with Gasteiger partial charge in [-0.1, -0.05) is 41.0 Å². The summed E-state index contributed by atoms with van der Waals surface area (Å²) in [7, 11) is 0. The van der Waals surface area contributed by atoms with E-state index >= 15 is 0 Å². The number of rotatable bonds is 4. The monoisotopic (exact) mass is 330 g/mol. The topological polar surface area (TPSA) is 55.5 Å². The standard InChI is InChI=1S/C13H13Cl2N3OS/c14-9-4-3-8(6-10(9)15)7-20-13-18-17-12(19-13)11-2-1-5-16-11/h3-4,6,11,16H,1-2,5,7H2/p+1/t11-/m0/s1. The van der Waals surface area contributed by atoms with Gasteiger partial charge in [-0.25, -0.2) is 0 Å². The average molecular weight is 331 g/mol. The van der Waals surface area contributed by atoms with Crippen molar-refractivity contribution in [2.24, 2.45) is 0 Å². The van der Waals surface area contributed by atoms with Crippen LogP contribution in [0.15, 0.2) is 27.8 Å². The van der Waals surface area contributed by atoms with Crippen LogP contribution in [-0.2, 0) is 5.75 Å². The summed E-state index contributed by atoms with van der Waals surface area (Å²) >= 11 is 13.4. The molecule has 1 aliphatic rings. The Hall–Kier alpha value is -0.750. The molecule has 0 unspecified atom stereocenters. The van der Waals surface area contributed by atoms with Gasteiger partial charge in [0, 0.05) is 18.6 Å². The third-order valence-corrected chi connectivity index (χ3v) is 4.88. The minimum Gasteiger partial charge on any atom is -0.410 e. The lowest BCUT2D eigenvalue weighted by molar-refractivity contribution is -0.678. The molecule has 1 atom stereocenters. The molecular formula is C13H14Cl2N3OS+. The van der Waals surface area contributed by atoms with Crippen molar-refractivity contribution < 1.29 is 9.73 Å². The zero-order valence-electron chi connectivity index (χ0n) is 10.7. The summed E-state index contributed by atoms with van der Waals surface area (Å²) in [6.45, 7) is 1.14.